The van der Waals surface area contributed by atoms with Crippen LogP contribution in [0.5, 0.6) is 0 Å². The third-order valence-corrected chi connectivity index (χ3v) is 5.61. The fourth-order valence-corrected chi connectivity index (χ4v) is 4.02. The van der Waals surface area contributed by atoms with Crippen molar-refractivity contribution in [2.45, 2.75) is 45.6 Å². The van der Waals surface area contributed by atoms with Crippen molar-refractivity contribution in [2.75, 3.05) is 13.1 Å². The fourth-order valence-electron chi connectivity index (χ4n) is 4.02. The van der Waals surface area contributed by atoms with Crippen molar-refractivity contribution in [3.05, 3.63) is 46.8 Å². The van der Waals surface area contributed by atoms with Crippen molar-refractivity contribution < 1.29 is 9.90 Å². The van der Waals surface area contributed by atoms with Gasteiger partial charge in [0.05, 0.1) is 11.8 Å². The summed E-state index contributed by atoms with van der Waals surface area (Å²) in [5, 5.41) is 14.5. The molecule has 132 valence electrons. The average molecular weight is 339 g/mol. The van der Waals surface area contributed by atoms with E-state index in [2.05, 4.69) is 31.2 Å². The topological polar surface area (TPSA) is 58.4 Å². The molecule has 4 rings (SSSR count). The van der Waals surface area contributed by atoms with Gasteiger partial charge in [0.2, 0.25) is 0 Å². The van der Waals surface area contributed by atoms with Crippen molar-refractivity contribution in [3.63, 3.8) is 0 Å². The normalized spacial score (nSPS) is 20.8. The molecule has 2 heterocycles. The Balaban J connectivity index is 1.66. The summed E-state index contributed by atoms with van der Waals surface area (Å²) >= 11 is 0. The van der Waals surface area contributed by atoms with Crippen LogP contribution in [0.3, 0.4) is 0 Å². The number of carbonyl (C=O) groups is 1. The van der Waals surface area contributed by atoms with E-state index in [1.54, 1.807) is 0 Å². The second-order valence-corrected chi connectivity index (χ2v) is 7.42. The zero-order chi connectivity index (χ0) is 17.6. The number of rotatable bonds is 3. The Hall–Kier alpha value is -2.14. The smallest absolute Gasteiger partial charge is 0.274 e. The van der Waals surface area contributed by atoms with Gasteiger partial charge in [-0.2, -0.15) is 5.10 Å². The van der Waals surface area contributed by atoms with Crippen molar-refractivity contribution in [3.8, 4) is 5.69 Å². The van der Waals surface area contributed by atoms with E-state index in [0.29, 0.717) is 18.8 Å². The van der Waals surface area contributed by atoms with Crippen LogP contribution in [0.25, 0.3) is 5.69 Å². The monoisotopic (exact) mass is 339 g/mol. The molecule has 0 radical (unpaired) electrons. The van der Waals surface area contributed by atoms with Crippen molar-refractivity contribution in [1.82, 2.24) is 14.7 Å². The van der Waals surface area contributed by atoms with Crippen LogP contribution < -0.4 is 0 Å². The maximum Gasteiger partial charge on any atom is 0.274 e. The number of aliphatic hydroxyl groups is 1. The van der Waals surface area contributed by atoms with Crippen molar-refractivity contribution in [2.24, 2.45) is 5.92 Å². The summed E-state index contributed by atoms with van der Waals surface area (Å²) in [7, 11) is 0. The summed E-state index contributed by atoms with van der Waals surface area (Å²) in [4.78, 5) is 14.9. The minimum Gasteiger partial charge on any atom is -0.393 e. The molecule has 5 nitrogen and oxygen atoms in total. The number of aryl methyl sites for hydroxylation is 1. The van der Waals surface area contributed by atoms with Crippen LogP contribution in [0.4, 0.5) is 0 Å². The Morgan fingerprint density at radius 3 is 2.72 bits per heavy atom. The van der Waals surface area contributed by atoms with Crippen molar-refractivity contribution in [1.29, 1.82) is 0 Å². The molecule has 0 bridgehead atoms. The molecule has 5 heteroatoms. The number of nitrogens with zero attached hydrogens (tertiary/aromatic N) is 3. The largest absolute Gasteiger partial charge is 0.393 e. The average Bonchev–Trinajstić information content (AvgIpc) is 3.31. The molecule has 2 atom stereocenters. The minimum absolute atomic E-state index is 0.0205. The van der Waals surface area contributed by atoms with E-state index < -0.39 is 0 Å². The lowest BCUT2D eigenvalue weighted by Gasteiger charge is -2.17. The number of hydrogen-bond acceptors (Lipinski definition) is 3. The number of hydrogen-bond donors (Lipinski definition) is 1. The van der Waals surface area contributed by atoms with Gasteiger partial charge in [-0.15, -0.1) is 0 Å². The van der Waals surface area contributed by atoms with E-state index in [1.165, 1.54) is 11.3 Å². The predicted octanol–water partition coefficient (Wildman–Crippen LogP) is 2.51. The summed E-state index contributed by atoms with van der Waals surface area (Å²) in [6.45, 7) is 5.21. The number of likely N-dealkylation sites (tertiary alicyclic amines) is 1. The second-order valence-electron chi connectivity index (χ2n) is 7.42. The fraction of sp³-hybridized carbons (Fsp3) is 0.500. The van der Waals surface area contributed by atoms with Gasteiger partial charge in [0.25, 0.3) is 5.91 Å². The summed E-state index contributed by atoms with van der Waals surface area (Å²) in [6, 6.07) is 8.28. The van der Waals surface area contributed by atoms with Crippen molar-refractivity contribution >= 4 is 5.91 Å². The van der Waals surface area contributed by atoms with Crippen LogP contribution in [-0.4, -0.2) is 44.9 Å². The third-order valence-electron chi connectivity index (χ3n) is 5.61. The first-order chi connectivity index (χ1) is 12.0. The summed E-state index contributed by atoms with van der Waals surface area (Å²) in [5.41, 5.74) is 5.14. The molecule has 0 spiro atoms. The third kappa shape index (κ3) is 2.86. The molecule has 2 aromatic rings. The molecular weight excluding hydrogens is 314 g/mol. The van der Waals surface area contributed by atoms with Gasteiger partial charge in [0, 0.05) is 30.3 Å². The number of amides is 1. The molecule has 1 aromatic carbocycles. The number of aliphatic hydroxyl groups excluding tert-OH is 1. The molecule has 1 fully saturated rings. The van der Waals surface area contributed by atoms with Gasteiger partial charge in [-0.3, -0.25) is 4.79 Å². The number of benzene rings is 1. The van der Waals surface area contributed by atoms with E-state index in [9.17, 15) is 9.90 Å². The first kappa shape index (κ1) is 16.3. The summed E-state index contributed by atoms with van der Waals surface area (Å²) in [5.74, 6) is 0.198. The zero-order valence-corrected chi connectivity index (χ0v) is 14.9. The highest BCUT2D eigenvalue weighted by atomic mass is 16.3. The van der Waals surface area contributed by atoms with Gasteiger partial charge in [0.1, 0.15) is 0 Å². The molecule has 1 saturated heterocycles. The Bertz CT molecular complexity index is 792. The SMILES string of the molecule is Cc1ccc(-n2nc(C(=O)N3CCC(C(C)O)C3)c3c2CCC3)cc1. The maximum absolute atomic E-state index is 13.0. The van der Waals surface area contributed by atoms with Crippen LogP contribution >= 0.6 is 0 Å². The van der Waals surface area contributed by atoms with Gasteiger partial charge >= 0.3 is 0 Å². The molecule has 25 heavy (non-hydrogen) atoms. The highest BCUT2D eigenvalue weighted by molar-refractivity contribution is 5.94. The number of carbonyl (C=O) groups excluding carboxylic acids is 1. The van der Waals surface area contributed by atoms with Gasteiger partial charge in [0.15, 0.2) is 5.69 Å². The highest BCUT2D eigenvalue weighted by Gasteiger charge is 2.34. The minimum atomic E-state index is -0.367. The molecule has 2 unspecified atom stereocenters. The van der Waals surface area contributed by atoms with Crippen LogP contribution in [0.1, 0.15) is 47.1 Å². The molecule has 1 aromatic heterocycles. The van der Waals surface area contributed by atoms with E-state index in [0.717, 1.165) is 36.9 Å². The Labute approximate surface area is 148 Å². The van der Waals surface area contributed by atoms with Gasteiger partial charge in [-0.1, -0.05) is 17.7 Å². The molecule has 1 aliphatic carbocycles. The highest BCUT2D eigenvalue weighted by Crippen LogP contribution is 2.30. The first-order valence-corrected chi connectivity index (χ1v) is 9.19. The van der Waals surface area contributed by atoms with Gasteiger partial charge in [-0.25, -0.2) is 4.68 Å². The van der Waals surface area contributed by atoms with E-state index in [1.807, 2.05) is 16.5 Å². The second kappa shape index (κ2) is 6.30. The van der Waals surface area contributed by atoms with E-state index in [4.69, 9.17) is 5.10 Å². The summed E-state index contributed by atoms with van der Waals surface area (Å²) in [6.07, 6.45) is 3.48. The Kier molecular flexibility index (Phi) is 4.12. The predicted molar refractivity (Wildman–Crippen MR) is 96.0 cm³/mol. The van der Waals surface area contributed by atoms with E-state index >= 15 is 0 Å². The maximum atomic E-state index is 13.0. The van der Waals surface area contributed by atoms with Gasteiger partial charge < -0.3 is 10.0 Å². The molecular formula is C20H25N3O2. The standard InChI is InChI=1S/C20H25N3O2/c1-13-6-8-16(9-7-13)23-18-5-3-4-17(18)19(21-23)20(25)22-11-10-15(12-22)14(2)24/h6-9,14-15,24H,3-5,10-12H2,1-2H3. The lowest BCUT2D eigenvalue weighted by Crippen LogP contribution is -2.31. The molecule has 1 aliphatic heterocycles. The number of aromatic nitrogens is 2. The Morgan fingerprint density at radius 1 is 1.28 bits per heavy atom. The Morgan fingerprint density at radius 2 is 2.04 bits per heavy atom. The van der Waals surface area contributed by atoms with Crippen LogP contribution in [-0.2, 0) is 12.8 Å². The molecule has 0 saturated carbocycles. The first-order valence-electron chi connectivity index (χ1n) is 9.19. The lowest BCUT2D eigenvalue weighted by molar-refractivity contribution is 0.0755. The van der Waals surface area contributed by atoms with Gasteiger partial charge in [-0.05, 0) is 51.7 Å². The van der Waals surface area contributed by atoms with Crippen LogP contribution in [0, 0.1) is 12.8 Å². The molecule has 1 amide bonds. The quantitative estimate of drug-likeness (QED) is 0.935. The molecule has 2 aliphatic rings. The summed E-state index contributed by atoms with van der Waals surface area (Å²) < 4.78 is 1.96. The molecule has 1 N–H and O–H groups in total. The number of fused-ring (bicyclic) bond motifs is 1. The van der Waals surface area contributed by atoms with Crippen LogP contribution in [0.2, 0.25) is 0 Å². The zero-order valence-electron chi connectivity index (χ0n) is 14.9. The lowest BCUT2D eigenvalue weighted by atomic mass is 10.0. The van der Waals surface area contributed by atoms with Crippen LogP contribution in [0.15, 0.2) is 24.3 Å². The van der Waals surface area contributed by atoms with E-state index in [-0.39, 0.29) is 17.9 Å².